The number of hydrogen-bond acceptors (Lipinski definition) is 6. The van der Waals surface area contributed by atoms with Crippen LogP contribution < -0.4 is 0 Å². The van der Waals surface area contributed by atoms with Gasteiger partial charge in [0, 0.05) is 16.4 Å². The molecule has 1 saturated heterocycles. The highest BCUT2D eigenvalue weighted by molar-refractivity contribution is 7.09. The molecule has 0 unspecified atom stereocenters. The van der Waals surface area contributed by atoms with Crippen LogP contribution in [0.1, 0.15) is 63.3 Å². The van der Waals surface area contributed by atoms with Crippen LogP contribution in [0, 0.1) is 23.7 Å². The van der Waals surface area contributed by atoms with E-state index in [9.17, 15) is 24.9 Å². The Kier molecular flexibility index (Phi) is 9.23. The molecule has 1 aliphatic carbocycles. The van der Waals surface area contributed by atoms with Crippen molar-refractivity contribution in [2.24, 2.45) is 23.7 Å². The van der Waals surface area contributed by atoms with Crippen molar-refractivity contribution in [2.75, 3.05) is 6.61 Å². The van der Waals surface area contributed by atoms with Crippen molar-refractivity contribution in [1.29, 1.82) is 0 Å². The minimum atomic E-state index is -0.829. The van der Waals surface area contributed by atoms with E-state index in [4.69, 9.17) is 0 Å². The molecule has 4 rings (SSSR count). The summed E-state index contributed by atoms with van der Waals surface area (Å²) in [5, 5.41) is 34.2. The summed E-state index contributed by atoms with van der Waals surface area (Å²) in [4.78, 5) is 29.2. The second kappa shape index (κ2) is 12.4. The number of likely N-dealkylation sites (tertiary alicyclic amines) is 1. The number of carbonyl (C=O) groups excluding carboxylic acids is 2. The summed E-state index contributed by atoms with van der Waals surface area (Å²) < 4.78 is 0. The number of carbonyl (C=O) groups is 2. The van der Waals surface area contributed by atoms with Gasteiger partial charge in [-0.3, -0.25) is 14.5 Å². The van der Waals surface area contributed by atoms with Gasteiger partial charge in [-0.1, -0.05) is 68.7 Å². The highest BCUT2D eigenvalue weighted by Gasteiger charge is 2.55. The number of hydrogen-bond donors (Lipinski definition) is 3. The molecule has 2 heterocycles. The predicted molar refractivity (Wildman–Crippen MR) is 150 cm³/mol. The van der Waals surface area contributed by atoms with E-state index >= 15 is 0 Å². The Morgan fingerprint density at radius 2 is 1.89 bits per heavy atom. The fourth-order valence-electron chi connectivity index (χ4n) is 6.12. The van der Waals surface area contributed by atoms with Crippen LogP contribution in [-0.4, -0.2) is 44.7 Å². The Labute approximate surface area is 229 Å². The Hall–Kier alpha value is -2.74. The SMILES string of the molecule is CCC/C(=C\c1ccccc1O)CC[C@@H](O)C1=C(C(C)C)C[C@H]2C(=O)N(Cc3cccs3)C(=O)[C@H]2[C@H]1CO. The average Bonchev–Trinajstić information content (AvgIpc) is 3.50. The average molecular weight is 538 g/mol. The Morgan fingerprint density at radius 3 is 2.53 bits per heavy atom. The number of rotatable bonds is 11. The van der Waals surface area contributed by atoms with Gasteiger partial charge in [-0.15, -0.1) is 11.3 Å². The third-order valence-electron chi connectivity index (χ3n) is 7.96. The maximum atomic E-state index is 13.5. The zero-order valence-corrected chi connectivity index (χ0v) is 23.3. The van der Waals surface area contributed by atoms with Crippen molar-refractivity contribution >= 4 is 29.2 Å². The quantitative estimate of drug-likeness (QED) is 0.258. The molecular formula is C31H39NO5S. The molecule has 1 aliphatic heterocycles. The summed E-state index contributed by atoms with van der Waals surface area (Å²) in [6.07, 6.45) is 4.45. The van der Waals surface area contributed by atoms with Crippen LogP contribution in [0.25, 0.3) is 6.08 Å². The Morgan fingerprint density at radius 1 is 1.13 bits per heavy atom. The number of amides is 2. The standard InChI is InChI=1S/C31H39NO5S/c1-4-8-20(15-21-9-5-6-11-26(21)34)12-13-27(35)28-23(19(2)3)16-24-29(25(28)18-33)31(37)32(30(24)36)17-22-10-7-14-38-22/h5-7,9-11,14-15,19,24-25,27,29,33-35H,4,8,12-13,16-18H2,1-3H3/b20-15+/t24-,25+,27-,29-/m1/s1. The molecule has 4 atom stereocenters. The second-order valence-corrected chi connectivity index (χ2v) is 11.8. The van der Waals surface area contributed by atoms with E-state index in [0.717, 1.165) is 40.0 Å². The van der Waals surface area contributed by atoms with E-state index in [1.54, 1.807) is 12.1 Å². The van der Waals surface area contributed by atoms with Crippen molar-refractivity contribution in [1.82, 2.24) is 4.90 Å². The summed E-state index contributed by atoms with van der Waals surface area (Å²) in [6, 6.07) is 11.0. The zero-order chi connectivity index (χ0) is 27.4. The number of imide groups is 1. The molecule has 3 N–H and O–H groups in total. The van der Waals surface area contributed by atoms with Gasteiger partial charge >= 0.3 is 0 Å². The van der Waals surface area contributed by atoms with Gasteiger partial charge in [0.2, 0.25) is 11.8 Å². The fourth-order valence-corrected chi connectivity index (χ4v) is 6.81. The molecule has 2 amide bonds. The van der Waals surface area contributed by atoms with E-state index < -0.39 is 23.9 Å². The lowest BCUT2D eigenvalue weighted by molar-refractivity contribution is -0.140. The van der Waals surface area contributed by atoms with Crippen LogP contribution in [0.5, 0.6) is 5.75 Å². The van der Waals surface area contributed by atoms with Crippen molar-refractivity contribution < 1.29 is 24.9 Å². The normalized spacial score (nSPS) is 22.9. The summed E-state index contributed by atoms with van der Waals surface area (Å²) in [5.41, 5.74) is 3.60. The number of thiophene rings is 1. The maximum Gasteiger partial charge on any atom is 0.234 e. The first kappa shape index (κ1) is 28.3. The number of aliphatic hydroxyl groups is 2. The van der Waals surface area contributed by atoms with E-state index in [1.807, 2.05) is 49.6 Å². The van der Waals surface area contributed by atoms with Crippen LogP contribution in [-0.2, 0) is 16.1 Å². The summed E-state index contributed by atoms with van der Waals surface area (Å²) in [6.45, 7) is 6.16. The van der Waals surface area contributed by atoms with Gasteiger partial charge in [-0.2, -0.15) is 0 Å². The molecule has 6 nitrogen and oxygen atoms in total. The van der Waals surface area contributed by atoms with Gasteiger partial charge in [0.05, 0.1) is 31.1 Å². The molecule has 0 bridgehead atoms. The Bertz CT molecular complexity index is 1200. The lowest BCUT2D eigenvalue weighted by Gasteiger charge is -2.38. The molecule has 0 radical (unpaired) electrons. The summed E-state index contributed by atoms with van der Waals surface area (Å²) in [7, 11) is 0. The molecule has 204 valence electrons. The Balaban J connectivity index is 1.59. The lowest BCUT2D eigenvalue weighted by atomic mass is 9.66. The molecule has 38 heavy (non-hydrogen) atoms. The van der Waals surface area contributed by atoms with Crippen LogP contribution in [0.3, 0.4) is 0 Å². The van der Waals surface area contributed by atoms with Crippen LogP contribution in [0.15, 0.2) is 58.5 Å². The van der Waals surface area contributed by atoms with Gasteiger partial charge < -0.3 is 15.3 Å². The first-order valence-corrected chi connectivity index (χ1v) is 14.5. The minimum Gasteiger partial charge on any atom is -0.507 e. The van der Waals surface area contributed by atoms with E-state index in [2.05, 4.69) is 6.92 Å². The van der Waals surface area contributed by atoms with Crippen LogP contribution >= 0.6 is 11.3 Å². The minimum absolute atomic E-state index is 0.0795. The fraction of sp³-hybridized carbons (Fsp3) is 0.484. The maximum absolute atomic E-state index is 13.5. The largest absolute Gasteiger partial charge is 0.507 e. The number of benzene rings is 1. The van der Waals surface area contributed by atoms with Gasteiger partial charge in [0.25, 0.3) is 0 Å². The lowest BCUT2D eigenvalue weighted by Crippen LogP contribution is -2.39. The van der Waals surface area contributed by atoms with Crippen LogP contribution in [0.4, 0.5) is 0 Å². The molecule has 0 spiro atoms. The monoisotopic (exact) mass is 537 g/mol. The highest BCUT2D eigenvalue weighted by Crippen LogP contribution is 2.48. The van der Waals surface area contributed by atoms with Gasteiger partial charge in [0.1, 0.15) is 5.75 Å². The van der Waals surface area contributed by atoms with Crippen molar-refractivity contribution in [3.05, 3.63) is 68.9 Å². The number of fused-ring (bicyclic) bond motifs is 1. The number of phenolic OH excluding ortho intramolecular Hbond substituents is 1. The van der Waals surface area contributed by atoms with Crippen LogP contribution in [0.2, 0.25) is 0 Å². The summed E-state index contributed by atoms with van der Waals surface area (Å²) in [5.74, 6) is -1.84. The predicted octanol–water partition coefficient (Wildman–Crippen LogP) is 5.54. The zero-order valence-electron chi connectivity index (χ0n) is 22.5. The first-order valence-electron chi connectivity index (χ1n) is 13.6. The molecule has 1 aromatic carbocycles. The number of nitrogens with zero attached hydrogens (tertiary/aromatic N) is 1. The summed E-state index contributed by atoms with van der Waals surface area (Å²) >= 11 is 1.51. The van der Waals surface area contributed by atoms with Crippen molar-refractivity contribution in [3.63, 3.8) is 0 Å². The number of aromatic hydroxyl groups is 1. The van der Waals surface area contributed by atoms with Gasteiger partial charge in [-0.25, -0.2) is 0 Å². The smallest absolute Gasteiger partial charge is 0.234 e. The van der Waals surface area contributed by atoms with Gasteiger partial charge in [0.15, 0.2) is 0 Å². The third-order valence-corrected chi connectivity index (χ3v) is 8.83. The number of phenols is 1. The molecule has 2 aromatic rings. The highest BCUT2D eigenvalue weighted by atomic mass is 32.1. The topological polar surface area (TPSA) is 98.1 Å². The third kappa shape index (κ3) is 5.80. The van der Waals surface area contributed by atoms with Crippen molar-refractivity contribution in [3.8, 4) is 5.75 Å². The molecule has 0 saturated carbocycles. The molecule has 2 aliphatic rings. The number of aliphatic hydroxyl groups excluding tert-OH is 2. The molecular weight excluding hydrogens is 498 g/mol. The van der Waals surface area contributed by atoms with E-state index in [-0.39, 0.29) is 36.6 Å². The van der Waals surface area contributed by atoms with Gasteiger partial charge in [-0.05, 0) is 54.7 Å². The molecule has 7 heteroatoms. The van der Waals surface area contributed by atoms with E-state index in [0.29, 0.717) is 19.3 Å². The second-order valence-electron chi connectivity index (χ2n) is 10.8. The number of para-hydroxylation sites is 1. The van der Waals surface area contributed by atoms with E-state index in [1.165, 1.54) is 16.2 Å². The first-order chi connectivity index (χ1) is 18.3. The number of allylic oxidation sites excluding steroid dienone is 2. The van der Waals surface area contributed by atoms with Crippen molar-refractivity contribution in [2.45, 2.75) is 65.5 Å². The molecule has 1 fully saturated rings. The molecule has 1 aromatic heterocycles.